The molecule has 0 aliphatic carbocycles. The van der Waals surface area contributed by atoms with E-state index in [2.05, 4.69) is 67.6 Å². The van der Waals surface area contributed by atoms with E-state index in [1.165, 1.54) is 6.20 Å². The van der Waals surface area contributed by atoms with Gasteiger partial charge in [0.1, 0.15) is 12.2 Å². The number of nitrogens with one attached hydrogen (secondary N) is 6. The van der Waals surface area contributed by atoms with Gasteiger partial charge in [-0.25, -0.2) is 4.39 Å². The number of halogens is 2. The lowest BCUT2D eigenvalue weighted by atomic mass is 10.2. The number of nitrogens with zero attached hydrogens (tertiary/aromatic N) is 4. The summed E-state index contributed by atoms with van der Waals surface area (Å²) in [6, 6.07) is 7.19. The van der Waals surface area contributed by atoms with Crippen LogP contribution in [0.15, 0.2) is 41.1 Å². The highest BCUT2D eigenvalue weighted by atomic mass is 79.9. The Bertz CT molecular complexity index is 1620. The number of morpholine rings is 2. The minimum Gasteiger partial charge on any atom is -0.369 e. The van der Waals surface area contributed by atoms with Crippen molar-refractivity contribution in [2.24, 2.45) is 0 Å². The molecule has 2 saturated heterocycles. The zero-order chi connectivity index (χ0) is 33.2. The third-order valence-electron chi connectivity index (χ3n) is 7.44. The normalized spacial score (nSPS) is 17.8. The number of aryl methyl sites for hydroxylation is 2. The first-order valence-electron chi connectivity index (χ1n) is 15.5. The summed E-state index contributed by atoms with van der Waals surface area (Å²) in [5, 5.41) is 25.1. The summed E-state index contributed by atoms with van der Waals surface area (Å²) in [6.07, 6.45) is 5.08. The van der Waals surface area contributed by atoms with Gasteiger partial charge in [-0.1, -0.05) is 20.3 Å². The molecule has 0 unspecified atom stereocenters. The maximum Gasteiger partial charge on any atom is 0.279 e. The molecule has 0 spiro atoms. The van der Waals surface area contributed by atoms with Crippen molar-refractivity contribution in [3.05, 3.63) is 81.1 Å². The monoisotopic (exact) mass is 712 g/mol. The summed E-state index contributed by atoms with van der Waals surface area (Å²) in [5.41, 5.74) is 4.08. The van der Waals surface area contributed by atoms with E-state index < -0.39 is 11.7 Å². The lowest BCUT2D eigenvalue weighted by Crippen LogP contribution is -2.33. The van der Waals surface area contributed by atoms with Crippen molar-refractivity contribution >= 4 is 39.1 Å². The predicted molar refractivity (Wildman–Crippen MR) is 176 cm³/mol. The number of carbonyl (C=O) groups excluding carboxylic acids is 2. The fourth-order valence-corrected chi connectivity index (χ4v) is 5.55. The minimum absolute atomic E-state index is 0.0406. The Labute approximate surface area is 279 Å². The van der Waals surface area contributed by atoms with E-state index in [0.717, 1.165) is 49.6 Å². The van der Waals surface area contributed by atoms with Crippen LogP contribution in [-0.4, -0.2) is 81.6 Å². The quantitative estimate of drug-likeness (QED) is 0.149. The number of hydrogen-bond acceptors (Lipinski definition) is 10. The molecule has 14 nitrogen and oxygen atoms in total. The zero-order valence-electron chi connectivity index (χ0n) is 26.2. The van der Waals surface area contributed by atoms with Gasteiger partial charge < -0.3 is 30.7 Å². The molecule has 0 aromatic carbocycles. The highest BCUT2D eigenvalue weighted by Crippen LogP contribution is 2.22. The Morgan fingerprint density at radius 3 is 1.83 bits per heavy atom. The molecule has 0 radical (unpaired) electrons. The Morgan fingerprint density at radius 2 is 1.38 bits per heavy atom. The molecule has 2 aliphatic rings. The number of aromatic nitrogens is 6. The van der Waals surface area contributed by atoms with Crippen LogP contribution in [0.2, 0.25) is 0 Å². The van der Waals surface area contributed by atoms with E-state index in [-0.39, 0.29) is 23.8 Å². The first-order valence-corrected chi connectivity index (χ1v) is 16.3. The Balaban J connectivity index is 0.000000185. The molecule has 2 fully saturated rings. The van der Waals surface area contributed by atoms with Crippen LogP contribution < -0.4 is 21.3 Å². The first kappa shape index (κ1) is 34.3. The molecule has 2 aliphatic heterocycles. The number of amides is 2. The molecule has 4 aromatic rings. The van der Waals surface area contributed by atoms with Gasteiger partial charge in [0, 0.05) is 31.9 Å². The fraction of sp³-hybridized carbons (Fsp3) is 0.419. The number of rotatable bonds is 9. The second-order valence-electron chi connectivity index (χ2n) is 10.8. The summed E-state index contributed by atoms with van der Waals surface area (Å²) < 4.78 is 26.1. The van der Waals surface area contributed by atoms with E-state index in [4.69, 9.17) is 9.47 Å². The van der Waals surface area contributed by atoms with Gasteiger partial charge in [0.15, 0.2) is 17.2 Å². The van der Waals surface area contributed by atoms with Gasteiger partial charge in [0.05, 0.1) is 58.5 Å². The molecule has 2 atom stereocenters. The average molecular weight is 714 g/mol. The van der Waals surface area contributed by atoms with Gasteiger partial charge in [-0.05, 0) is 53.0 Å². The van der Waals surface area contributed by atoms with Gasteiger partial charge in [0.25, 0.3) is 11.8 Å². The zero-order valence-corrected chi connectivity index (χ0v) is 27.7. The van der Waals surface area contributed by atoms with Crippen molar-refractivity contribution in [1.29, 1.82) is 0 Å². The molecule has 6 rings (SSSR count). The number of aromatic amines is 2. The van der Waals surface area contributed by atoms with E-state index in [9.17, 15) is 14.0 Å². The lowest BCUT2D eigenvalue weighted by Gasteiger charge is -2.23. The number of carbonyl (C=O) groups is 2. The molecule has 250 valence electrons. The Hall–Kier alpha value is -4.09. The standard InChI is InChI=1S/C16H20FN5O2.C15H18BrN5O2/c1-2-3-12-14(17)15(22-21-12)16(23)20-10-4-5-11(19-8-10)13-9-18-6-7-24-13;1-2-10-13(16)14(21-20-10)15(22)19-9-3-4-11(18-7-9)12-8-17-5-6-23-12/h4-5,8,13,18H,2-3,6-7,9H2,1H3,(H,20,23)(H,21,22);3-4,7,12,17H,2,5-6,8H2,1H3,(H,19,22)(H,20,21)/t13-;12-/m11/s1. The molecule has 16 heteroatoms. The maximum atomic E-state index is 14.1. The molecule has 0 saturated carbocycles. The second kappa shape index (κ2) is 16.6. The van der Waals surface area contributed by atoms with E-state index in [1.54, 1.807) is 18.3 Å². The third-order valence-corrected chi connectivity index (χ3v) is 8.29. The largest absolute Gasteiger partial charge is 0.369 e. The SMILES string of the molecule is CCCc1[nH]nc(C(=O)Nc2ccc([C@H]3CNCCO3)nc2)c1F.CCc1[nH]nc(C(=O)Nc2ccc([C@H]3CNCCO3)nc2)c1Br. The minimum atomic E-state index is -0.601. The molecule has 0 bridgehead atoms. The van der Waals surface area contributed by atoms with Gasteiger partial charge in [-0.2, -0.15) is 10.2 Å². The van der Waals surface area contributed by atoms with Crippen LogP contribution in [0.1, 0.15) is 76.2 Å². The predicted octanol–water partition coefficient (Wildman–Crippen LogP) is 3.85. The van der Waals surface area contributed by atoms with Crippen LogP contribution in [0.25, 0.3) is 0 Å². The smallest absolute Gasteiger partial charge is 0.279 e. The topological polar surface area (TPSA) is 184 Å². The Kier molecular flexibility index (Phi) is 12.1. The van der Waals surface area contributed by atoms with Crippen LogP contribution in [0.3, 0.4) is 0 Å². The highest BCUT2D eigenvalue weighted by molar-refractivity contribution is 9.10. The third kappa shape index (κ3) is 8.84. The molecule has 4 aromatic heterocycles. The van der Waals surface area contributed by atoms with Crippen molar-refractivity contribution in [1.82, 2.24) is 41.0 Å². The number of ether oxygens (including phenoxy) is 2. The molecule has 47 heavy (non-hydrogen) atoms. The van der Waals surface area contributed by atoms with E-state index in [1.807, 2.05) is 26.0 Å². The second-order valence-corrected chi connectivity index (χ2v) is 11.6. The van der Waals surface area contributed by atoms with Crippen LogP contribution in [-0.2, 0) is 22.3 Å². The summed E-state index contributed by atoms with van der Waals surface area (Å²) in [4.78, 5) is 33.1. The fourth-order valence-electron chi connectivity index (χ4n) is 4.91. The first-order chi connectivity index (χ1) is 22.9. The summed E-state index contributed by atoms with van der Waals surface area (Å²) in [7, 11) is 0. The number of H-pyrrole nitrogens is 2. The van der Waals surface area contributed by atoms with Gasteiger partial charge in [0.2, 0.25) is 0 Å². The summed E-state index contributed by atoms with van der Waals surface area (Å²) in [5.74, 6) is -1.48. The lowest BCUT2D eigenvalue weighted by molar-refractivity contribution is 0.0250. The van der Waals surface area contributed by atoms with Gasteiger partial charge in [-0.15, -0.1) is 0 Å². The van der Waals surface area contributed by atoms with Crippen molar-refractivity contribution < 1.29 is 23.5 Å². The van der Waals surface area contributed by atoms with Crippen LogP contribution in [0.5, 0.6) is 0 Å². The number of hydrogen-bond donors (Lipinski definition) is 6. The van der Waals surface area contributed by atoms with Crippen molar-refractivity contribution in [2.45, 2.75) is 45.3 Å². The molecular weight excluding hydrogens is 675 g/mol. The van der Waals surface area contributed by atoms with Crippen molar-refractivity contribution in [2.75, 3.05) is 50.0 Å². The number of anilines is 2. The molecule has 6 heterocycles. The van der Waals surface area contributed by atoms with Crippen LogP contribution in [0, 0.1) is 5.82 Å². The summed E-state index contributed by atoms with van der Waals surface area (Å²) in [6.45, 7) is 8.39. The van der Waals surface area contributed by atoms with Crippen LogP contribution >= 0.6 is 15.9 Å². The average Bonchev–Trinajstić information content (AvgIpc) is 3.68. The van der Waals surface area contributed by atoms with E-state index >= 15 is 0 Å². The molecule has 6 N–H and O–H groups in total. The van der Waals surface area contributed by atoms with Crippen molar-refractivity contribution in [3.8, 4) is 0 Å². The van der Waals surface area contributed by atoms with Gasteiger partial charge >= 0.3 is 0 Å². The van der Waals surface area contributed by atoms with Crippen LogP contribution in [0.4, 0.5) is 15.8 Å². The molecule has 2 amide bonds. The molecular formula is C31H38BrFN10O4. The van der Waals surface area contributed by atoms with Crippen molar-refractivity contribution in [3.63, 3.8) is 0 Å². The van der Waals surface area contributed by atoms with Gasteiger partial charge in [-0.3, -0.25) is 29.8 Å². The Morgan fingerprint density at radius 1 is 0.851 bits per heavy atom. The number of pyridine rings is 2. The summed E-state index contributed by atoms with van der Waals surface area (Å²) >= 11 is 3.40. The maximum absolute atomic E-state index is 14.1. The van der Waals surface area contributed by atoms with E-state index in [0.29, 0.717) is 53.4 Å². The highest BCUT2D eigenvalue weighted by Gasteiger charge is 2.21.